The van der Waals surface area contributed by atoms with Crippen LogP contribution in [0.25, 0.3) is 0 Å². The zero-order valence-electron chi connectivity index (χ0n) is 16.8. The molecular weight excluding hydrogens is 326 g/mol. The van der Waals surface area contributed by atoms with E-state index in [1.54, 1.807) is 7.11 Å². The van der Waals surface area contributed by atoms with Gasteiger partial charge in [-0.3, -0.25) is 0 Å². The van der Waals surface area contributed by atoms with Crippen LogP contribution in [0.15, 0.2) is 23.4 Å². The molecule has 1 heterocycles. The first-order valence-electron chi connectivity index (χ1n) is 9.97. The molecule has 26 heavy (non-hydrogen) atoms. The lowest BCUT2D eigenvalue weighted by molar-refractivity contribution is -0.0449. The minimum atomic E-state index is -0.0543. The Hall–Kier alpha value is -1.71. The number of rotatable bonds is 6. The van der Waals surface area contributed by atoms with Gasteiger partial charge in [-0.1, -0.05) is 32.3 Å². The number of methoxy groups -OCH3 is 1. The monoisotopic (exact) mass is 359 g/mol. The third kappa shape index (κ3) is 4.72. The number of hydrogen-bond donors (Lipinski definition) is 0. The Morgan fingerprint density at radius 1 is 1.12 bits per heavy atom. The van der Waals surface area contributed by atoms with E-state index in [0.717, 1.165) is 54.9 Å². The molecule has 1 saturated carbocycles. The molecule has 1 aliphatic heterocycles. The predicted molar refractivity (Wildman–Crippen MR) is 105 cm³/mol. The van der Waals surface area contributed by atoms with E-state index in [4.69, 9.17) is 14.3 Å². The standard InChI is InChI=1S/C22H33NO3/c1-21(2,3)11-8-14-25-20-15-17(9-10-19(20)24-4)18-16-22(26-23-18)12-6-5-7-13-22/h9-10,15H,5-8,11-14,16H2,1-4H3. The number of nitrogens with zero attached hydrogens (tertiary/aromatic N) is 1. The van der Waals surface area contributed by atoms with Crippen LogP contribution in [-0.2, 0) is 4.84 Å². The lowest BCUT2D eigenvalue weighted by atomic mass is 9.81. The van der Waals surface area contributed by atoms with E-state index in [-0.39, 0.29) is 5.60 Å². The lowest BCUT2D eigenvalue weighted by Crippen LogP contribution is -2.31. The van der Waals surface area contributed by atoms with Gasteiger partial charge >= 0.3 is 0 Å². The zero-order chi connectivity index (χ0) is 18.6. The summed E-state index contributed by atoms with van der Waals surface area (Å²) in [4.78, 5) is 5.90. The van der Waals surface area contributed by atoms with Gasteiger partial charge in [-0.2, -0.15) is 0 Å². The number of ether oxygens (including phenoxy) is 2. The van der Waals surface area contributed by atoms with Crippen LogP contribution in [0.3, 0.4) is 0 Å². The van der Waals surface area contributed by atoms with Gasteiger partial charge in [0.2, 0.25) is 0 Å². The highest BCUT2D eigenvalue weighted by Crippen LogP contribution is 2.40. The second kappa shape index (κ2) is 7.89. The highest BCUT2D eigenvalue weighted by molar-refractivity contribution is 6.02. The third-order valence-electron chi connectivity index (χ3n) is 5.43. The largest absolute Gasteiger partial charge is 0.493 e. The van der Waals surface area contributed by atoms with E-state index >= 15 is 0 Å². The summed E-state index contributed by atoms with van der Waals surface area (Å²) in [5, 5.41) is 4.43. The van der Waals surface area contributed by atoms with Crippen LogP contribution in [0.1, 0.15) is 77.7 Å². The minimum Gasteiger partial charge on any atom is -0.493 e. The summed E-state index contributed by atoms with van der Waals surface area (Å²) in [5.41, 5.74) is 2.40. The normalized spacial score (nSPS) is 19.2. The Labute approximate surface area is 157 Å². The molecule has 0 unspecified atom stereocenters. The van der Waals surface area contributed by atoms with Crippen molar-refractivity contribution < 1.29 is 14.3 Å². The van der Waals surface area contributed by atoms with E-state index in [2.05, 4.69) is 38.1 Å². The molecule has 0 aromatic heterocycles. The quantitative estimate of drug-likeness (QED) is 0.609. The fourth-order valence-corrected chi connectivity index (χ4v) is 3.89. The molecule has 1 spiro atoms. The summed E-state index contributed by atoms with van der Waals surface area (Å²) in [6.07, 6.45) is 9.11. The highest BCUT2D eigenvalue weighted by Gasteiger charge is 2.40. The first kappa shape index (κ1) is 19.1. The molecule has 0 N–H and O–H groups in total. The van der Waals surface area contributed by atoms with Crippen molar-refractivity contribution in [2.45, 2.75) is 77.7 Å². The molecule has 4 heteroatoms. The van der Waals surface area contributed by atoms with Crippen LogP contribution in [0.4, 0.5) is 0 Å². The molecule has 0 atom stereocenters. The van der Waals surface area contributed by atoms with Gasteiger partial charge < -0.3 is 14.3 Å². The van der Waals surface area contributed by atoms with E-state index in [1.165, 1.54) is 19.3 Å². The van der Waals surface area contributed by atoms with Gasteiger partial charge in [0.05, 0.1) is 19.4 Å². The van der Waals surface area contributed by atoms with Crippen molar-refractivity contribution in [3.05, 3.63) is 23.8 Å². The summed E-state index contributed by atoms with van der Waals surface area (Å²) in [5.74, 6) is 1.57. The molecule has 1 aliphatic carbocycles. The topological polar surface area (TPSA) is 40.0 Å². The molecule has 0 radical (unpaired) electrons. The molecule has 3 rings (SSSR count). The Kier molecular flexibility index (Phi) is 5.79. The smallest absolute Gasteiger partial charge is 0.161 e. The Bertz CT molecular complexity index is 639. The van der Waals surface area contributed by atoms with Crippen LogP contribution in [-0.4, -0.2) is 25.0 Å². The first-order valence-corrected chi connectivity index (χ1v) is 9.97. The minimum absolute atomic E-state index is 0.0543. The Morgan fingerprint density at radius 2 is 1.88 bits per heavy atom. The fraction of sp³-hybridized carbons (Fsp3) is 0.682. The van der Waals surface area contributed by atoms with Crippen molar-refractivity contribution in [2.24, 2.45) is 10.6 Å². The van der Waals surface area contributed by atoms with Crippen molar-refractivity contribution in [2.75, 3.05) is 13.7 Å². The van der Waals surface area contributed by atoms with Gasteiger partial charge in [0.15, 0.2) is 11.5 Å². The second-order valence-corrected chi connectivity index (χ2v) is 8.93. The summed E-state index contributed by atoms with van der Waals surface area (Å²) in [6, 6.07) is 6.09. The van der Waals surface area contributed by atoms with Gasteiger partial charge in [-0.05, 0) is 62.1 Å². The Morgan fingerprint density at radius 3 is 2.58 bits per heavy atom. The van der Waals surface area contributed by atoms with Gasteiger partial charge in [0, 0.05) is 12.0 Å². The van der Waals surface area contributed by atoms with Crippen molar-refractivity contribution in [3.63, 3.8) is 0 Å². The van der Waals surface area contributed by atoms with Gasteiger partial charge in [0.25, 0.3) is 0 Å². The maximum Gasteiger partial charge on any atom is 0.161 e. The molecule has 0 amide bonds. The van der Waals surface area contributed by atoms with Crippen LogP contribution in [0, 0.1) is 5.41 Å². The van der Waals surface area contributed by atoms with Crippen LogP contribution >= 0.6 is 0 Å². The zero-order valence-corrected chi connectivity index (χ0v) is 16.8. The van der Waals surface area contributed by atoms with Crippen LogP contribution in [0.5, 0.6) is 11.5 Å². The summed E-state index contributed by atoms with van der Waals surface area (Å²) in [6.45, 7) is 7.47. The molecule has 0 saturated heterocycles. The van der Waals surface area contributed by atoms with E-state index in [0.29, 0.717) is 12.0 Å². The average Bonchev–Trinajstić information content (AvgIpc) is 3.02. The molecule has 0 bridgehead atoms. The van der Waals surface area contributed by atoms with E-state index < -0.39 is 0 Å². The van der Waals surface area contributed by atoms with Crippen molar-refractivity contribution in [1.29, 1.82) is 0 Å². The highest BCUT2D eigenvalue weighted by atomic mass is 16.7. The molecule has 4 nitrogen and oxygen atoms in total. The predicted octanol–water partition coefficient (Wildman–Crippen LogP) is 5.73. The number of oxime groups is 1. The van der Waals surface area contributed by atoms with E-state index in [9.17, 15) is 0 Å². The van der Waals surface area contributed by atoms with Gasteiger partial charge in [-0.25, -0.2) is 0 Å². The molecule has 1 aromatic carbocycles. The molecule has 1 aromatic rings. The van der Waals surface area contributed by atoms with Crippen LogP contribution in [0.2, 0.25) is 0 Å². The van der Waals surface area contributed by atoms with Crippen molar-refractivity contribution in [3.8, 4) is 11.5 Å². The van der Waals surface area contributed by atoms with Crippen LogP contribution < -0.4 is 9.47 Å². The molecule has 1 fully saturated rings. The van der Waals surface area contributed by atoms with Crippen molar-refractivity contribution in [1.82, 2.24) is 0 Å². The molecular formula is C22H33NO3. The van der Waals surface area contributed by atoms with Gasteiger partial charge in [0.1, 0.15) is 5.60 Å². The third-order valence-corrected chi connectivity index (χ3v) is 5.43. The van der Waals surface area contributed by atoms with E-state index in [1.807, 2.05) is 6.07 Å². The SMILES string of the molecule is COc1ccc(C2=NOC3(CCCCC3)C2)cc1OCCCC(C)(C)C. The average molecular weight is 360 g/mol. The summed E-state index contributed by atoms with van der Waals surface area (Å²) < 4.78 is 11.5. The molecule has 2 aliphatic rings. The maximum absolute atomic E-state index is 6.04. The fourth-order valence-electron chi connectivity index (χ4n) is 3.89. The summed E-state index contributed by atoms with van der Waals surface area (Å²) in [7, 11) is 1.68. The summed E-state index contributed by atoms with van der Waals surface area (Å²) >= 11 is 0. The maximum atomic E-state index is 6.04. The second-order valence-electron chi connectivity index (χ2n) is 8.93. The Balaban J connectivity index is 1.65. The number of benzene rings is 1. The number of hydrogen-bond acceptors (Lipinski definition) is 4. The van der Waals surface area contributed by atoms with Gasteiger partial charge in [-0.15, -0.1) is 0 Å². The molecule has 144 valence electrons. The lowest BCUT2D eigenvalue weighted by Gasteiger charge is -2.30. The first-order chi connectivity index (χ1) is 12.4. The van der Waals surface area contributed by atoms with Crippen molar-refractivity contribution >= 4 is 5.71 Å².